The molecule has 1 heterocycles. The van der Waals surface area contributed by atoms with Gasteiger partial charge in [-0.15, -0.1) is 11.8 Å². The third-order valence-electron chi connectivity index (χ3n) is 3.98. The molecule has 1 aromatic rings. The molecule has 6 heteroatoms. The van der Waals surface area contributed by atoms with Crippen molar-refractivity contribution >= 4 is 17.7 Å². The molecule has 2 unspecified atom stereocenters. The van der Waals surface area contributed by atoms with Crippen LogP contribution in [0.2, 0.25) is 0 Å². The number of nitrogens with one attached hydrogen (secondary N) is 1. The zero-order chi connectivity index (χ0) is 13.5. The van der Waals surface area contributed by atoms with Crippen LogP contribution in [-0.2, 0) is 11.8 Å². The van der Waals surface area contributed by atoms with Gasteiger partial charge < -0.3 is 11.1 Å². The second-order valence-corrected chi connectivity index (χ2v) is 7.07. The van der Waals surface area contributed by atoms with E-state index in [0.29, 0.717) is 11.3 Å². The largest absolute Gasteiger partial charge is 0.368 e. The van der Waals surface area contributed by atoms with Crippen molar-refractivity contribution in [2.45, 2.75) is 53.8 Å². The lowest BCUT2D eigenvalue weighted by molar-refractivity contribution is -0.124. The van der Waals surface area contributed by atoms with Gasteiger partial charge in [0.1, 0.15) is 0 Å². The van der Waals surface area contributed by atoms with Gasteiger partial charge >= 0.3 is 0 Å². The molecule has 0 saturated heterocycles. The molecule has 1 amide bonds. The van der Waals surface area contributed by atoms with Crippen molar-refractivity contribution in [3.8, 4) is 0 Å². The summed E-state index contributed by atoms with van der Waals surface area (Å²) in [6, 6.07) is 0.509. The van der Waals surface area contributed by atoms with Crippen molar-refractivity contribution in [3.05, 3.63) is 12.4 Å². The summed E-state index contributed by atoms with van der Waals surface area (Å²) in [5.74, 6) is -0.186. The topological polar surface area (TPSA) is 72.9 Å². The van der Waals surface area contributed by atoms with E-state index in [-0.39, 0.29) is 5.91 Å². The Labute approximate surface area is 117 Å². The van der Waals surface area contributed by atoms with Crippen LogP contribution in [-0.4, -0.2) is 32.5 Å². The van der Waals surface area contributed by atoms with E-state index in [4.69, 9.17) is 5.73 Å². The maximum absolute atomic E-state index is 11.8. The summed E-state index contributed by atoms with van der Waals surface area (Å²) in [5.41, 5.74) is 5.17. The number of amides is 1. The Hall–Kier alpha value is -1.01. The highest BCUT2D eigenvalue weighted by atomic mass is 32.2. The van der Waals surface area contributed by atoms with Crippen LogP contribution >= 0.6 is 11.8 Å². The summed E-state index contributed by atoms with van der Waals surface area (Å²) in [5, 5.41) is 8.10. The minimum Gasteiger partial charge on any atom is -0.368 e. The molecule has 2 atom stereocenters. The average Bonchev–Trinajstić information content (AvgIpc) is 2.92. The molecular weight excluding hydrogens is 260 g/mol. The molecule has 19 heavy (non-hydrogen) atoms. The van der Waals surface area contributed by atoms with Crippen LogP contribution < -0.4 is 11.1 Å². The lowest BCUT2D eigenvalue weighted by atomic mass is 9.96. The molecule has 0 spiro atoms. The van der Waals surface area contributed by atoms with Crippen LogP contribution in [0.5, 0.6) is 0 Å². The van der Waals surface area contributed by atoms with Crippen LogP contribution in [0.1, 0.15) is 32.1 Å². The smallest absolute Gasteiger partial charge is 0.237 e. The van der Waals surface area contributed by atoms with Gasteiger partial charge in [0.05, 0.1) is 11.7 Å². The number of aryl methyl sites for hydroxylation is 1. The van der Waals surface area contributed by atoms with Gasteiger partial charge in [-0.25, -0.2) is 0 Å². The minimum atomic E-state index is -0.471. The van der Waals surface area contributed by atoms with E-state index in [1.165, 1.54) is 17.7 Å². The number of hydrogen-bond donors (Lipinski definition) is 2. The van der Waals surface area contributed by atoms with E-state index in [2.05, 4.69) is 10.4 Å². The molecule has 2 saturated carbocycles. The van der Waals surface area contributed by atoms with Gasteiger partial charge in [0, 0.05) is 29.4 Å². The average molecular weight is 280 g/mol. The first kappa shape index (κ1) is 13.0. The van der Waals surface area contributed by atoms with Gasteiger partial charge in [0.15, 0.2) is 0 Å². The number of carbonyl (C=O) groups excluding carboxylic acids is 1. The molecule has 0 bridgehead atoms. The fraction of sp³-hybridized carbons (Fsp3) is 0.692. The highest BCUT2D eigenvalue weighted by molar-refractivity contribution is 8.00. The first-order valence-electron chi connectivity index (χ1n) is 6.80. The van der Waals surface area contributed by atoms with E-state index in [0.717, 1.165) is 19.3 Å². The Bertz CT molecular complexity index is 485. The number of nitrogens with zero attached hydrogens (tertiary/aromatic N) is 2. The van der Waals surface area contributed by atoms with Crippen molar-refractivity contribution in [2.24, 2.45) is 12.8 Å². The molecule has 0 aliphatic heterocycles. The fourth-order valence-corrected chi connectivity index (χ4v) is 4.11. The van der Waals surface area contributed by atoms with Crippen LogP contribution in [0.4, 0.5) is 0 Å². The maximum atomic E-state index is 11.8. The predicted molar refractivity (Wildman–Crippen MR) is 74.8 cm³/mol. The van der Waals surface area contributed by atoms with Crippen LogP contribution in [0.15, 0.2) is 17.3 Å². The van der Waals surface area contributed by atoms with Gasteiger partial charge in [-0.3, -0.25) is 9.48 Å². The number of hydrogen-bond acceptors (Lipinski definition) is 4. The Kier molecular flexibility index (Phi) is 3.30. The molecule has 2 aliphatic carbocycles. The zero-order valence-corrected chi connectivity index (χ0v) is 11.9. The molecule has 2 fully saturated rings. The van der Waals surface area contributed by atoms with Crippen molar-refractivity contribution in [3.63, 3.8) is 0 Å². The number of nitrogens with two attached hydrogens (primary N) is 1. The Balaban J connectivity index is 1.65. The molecular formula is C13H20N4OS. The van der Waals surface area contributed by atoms with Crippen LogP contribution in [0, 0.1) is 0 Å². The van der Waals surface area contributed by atoms with Gasteiger partial charge in [0.2, 0.25) is 5.91 Å². The predicted octanol–water partition coefficient (Wildman–Crippen LogP) is 1.04. The highest BCUT2D eigenvalue weighted by Gasteiger charge is 2.46. The number of thioether (sulfide) groups is 1. The van der Waals surface area contributed by atoms with E-state index in [1.54, 1.807) is 4.68 Å². The van der Waals surface area contributed by atoms with E-state index >= 15 is 0 Å². The molecule has 3 rings (SSSR count). The molecule has 0 radical (unpaired) electrons. The third kappa shape index (κ3) is 2.79. The quantitative estimate of drug-likeness (QED) is 0.845. The first-order valence-corrected chi connectivity index (χ1v) is 7.68. The van der Waals surface area contributed by atoms with Crippen molar-refractivity contribution in [2.75, 3.05) is 0 Å². The highest BCUT2D eigenvalue weighted by Crippen LogP contribution is 2.41. The van der Waals surface area contributed by atoms with Crippen LogP contribution in [0.25, 0.3) is 0 Å². The van der Waals surface area contributed by atoms with Gasteiger partial charge in [-0.05, 0) is 32.1 Å². The monoisotopic (exact) mass is 280 g/mol. The van der Waals surface area contributed by atoms with Gasteiger partial charge in [-0.1, -0.05) is 0 Å². The lowest BCUT2D eigenvalue weighted by Crippen LogP contribution is -2.54. The minimum absolute atomic E-state index is 0.186. The first-order chi connectivity index (χ1) is 9.07. The number of rotatable bonds is 5. The molecule has 0 aromatic carbocycles. The summed E-state index contributed by atoms with van der Waals surface area (Å²) in [7, 11) is 1.92. The normalized spacial score (nSPS) is 30.7. The van der Waals surface area contributed by atoms with Gasteiger partial charge in [-0.2, -0.15) is 5.10 Å². The van der Waals surface area contributed by atoms with Crippen LogP contribution in [0.3, 0.4) is 0 Å². The Morgan fingerprint density at radius 2 is 2.37 bits per heavy atom. The number of primary amides is 1. The number of aromatic nitrogens is 2. The van der Waals surface area contributed by atoms with E-state index < -0.39 is 5.54 Å². The third-order valence-corrected chi connectivity index (χ3v) is 5.20. The van der Waals surface area contributed by atoms with Crippen molar-refractivity contribution in [1.29, 1.82) is 0 Å². The second-order valence-electron chi connectivity index (χ2n) is 5.70. The molecule has 3 N–H and O–H groups in total. The molecule has 2 aliphatic rings. The molecule has 5 nitrogen and oxygen atoms in total. The zero-order valence-electron chi connectivity index (χ0n) is 11.1. The van der Waals surface area contributed by atoms with Crippen molar-refractivity contribution in [1.82, 2.24) is 15.1 Å². The summed E-state index contributed by atoms with van der Waals surface area (Å²) in [6.07, 6.45) is 8.97. The summed E-state index contributed by atoms with van der Waals surface area (Å²) < 4.78 is 1.81. The van der Waals surface area contributed by atoms with Crippen molar-refractivity contribution < 1.29 is 4.79 Å². The van der Waals surface area contributed by atoms with E-state index in [1.807, 2.05) is 31.2 Å². The standard InChI is InChI=1S/C13H20N4OS/c1-17-8-11(7-15-17)19-10-4-5-13(6-10,12(14)18)16-9-2-3-9/h7-10,16H,2-6H2,1H3,(H2,14,18). The molecule has 104 valence electrons. The van der Waals surface area contributed by atoms with Gasteiger partial charge in [0.25, 0.3) is 0 Å². The molecule has 1 aromatic heterocycles. The summed E-state index contributed by atoms with van der Waals surface area (Å²) >= 11 is 1.81. The number of carbonyl (C=O) groups is 1. The fourth-order valence-electron chi connectivity index (χ4n) is 2.80. The maximum Gasteiger partial charge on any atom is 0.237 e. The van der Waals surface area contributed by atoms with E-state index in [9.17, 15) is 4.79 Å². The Morgan fingerprint density at radius 3 is 2.95 bits per heavy atom. The Morgan fingerprint density at radius 1 is 1.58 bits per heavy atom. The lowest BCUT2D eigenvalue weighted by Gasteiger charge is -2.27. The second kappa shape index (κ2) is 4.83. The summed E-state index contributed by atoms with van der Waals surface area (Å²) in [4.78, 5) is 13.0. The summed E-state index contributed by atoms with van der Waals surface area (Å²) in [6.45, 7) is 0. The SMILES string of the molecule is Cn1cc(SC2CCC(NC3CC3)(C(N)=O)C2)cn1.